The lowest BCUT2D eigenvalue weighted by Crippen LogP contribution is -1.97. The van der Waals surface area contributed by atoms with Gasteiger partial charge in [0.2, 0.25) is 0 Å². The molecule has 18 heavy (non-hydrogen) atoms. The van der Waals surface area contributed by atoms with Crippen LogP contribution in [0.1, 0.15) is 16.5 Å². The molecular formula is C14H10Br2ClI. The van der Waals surface area contributed by atoms with Gasteiger partial charge in [-0.05, 0) is 70.5 Å². The van der Waals surface area contributed by atoms with E-state index in [2.05, 4.69) is 78.7 Å². The Bertz CT molecular complexity index is 557. The standard InChI is InChI=1S/C14H10Br2ClI/c15-10-3-1-2-9(6-10)7-14(17)12-8-11(18)4-5-13(12)16/h1-6,8,14H,7H2. The number of benzene rings is 2. The Balaban J connectivity index is 2.21. The molecule has 0 heterocycles. The van der Waals surface area contributed by atoms with Gasteiger partial charge in [-0.2, -0.15) is 0 Å². The van der Waals surface area contributed by atoms with Crippen molar-refractivity contribution in [3.8, 4) is 0 Å². The zero-order chi connectivity index (χ0) is 13.1. The van der Waals surface area contributed by atoms with E-state index in [1.165, 1.54) is 9.13 Å². The summed E-state index contributed by atoms with van der Waals surface area (Å²) in [5.41, 5.74) is 2.37. The number of hydrogen-bond donors (Lipinski definition) is 0. The highest BCUT2D eigenvalue weighted by Crippen LogP contribution is 2.32. The maximum Gasteiger partial charge on any atom is 0.0636 e. The van der Waals surface area contributed by atoms with Crippen molar-refractivity contribution in [2.45, 2.75) is 11.8 Å². The number of rotatable bonds is 3. The summed E-state index contributed by atoms with van der Waals surface area (Å²) in [4.78, 5) is 0. The molecule has 2 aromatic carbocycles. The Morgan fingerprint density at radius 3 is 2.61 bits per heavy atom. The van der Waals surface area contributed by atoms with Gasteiger partial charge in [0.25, 0.3) is 0 Å². The second kappa shape index (κ2) is 6.73. The first-order valence-electron chi connectivity index (χ1n) is 5.40. The number of hydrogen-bond acceptors (Lipinski definition) is 0. The molecule has 0 aromatic heterocycles. The first kappa shape index (κ1) is 14.8. The molecule has 0 N–H and O–H groups in total. The SMILES string of the molecule is ClC(Cc1cccc(Br)c1)c1cc(I)ccc1Br. The summed E-state index contributed by atoms with van der Waals surface area (Å²) in [6.07, 6.45) is 0.819. The highest BCUT2D eigenvalue weighted by molar-refractivity contribution is 14.1. The van der Waals surface area contributed by atoms with E-state index in [0.29, 0.717) is 0 Å². The van der Waals surface area contributed by atoms with Gasteiger partial charge in [0.05, 0.1) is 5.38 Å². The Labute approximate surface area is 143 Å². The van der Waals surface area contributed by atoms with Gasteiger partial charge in [-0.25, -0.2) is 0 Å². The van der Waals surface area contributed by atoms with Gasteiger partial charge in [-0.15, -0.1) is 11.6 Å². The maximum atomic E-state index is 6.52. The zero-order valence-electron chi connectivity index (χ0n) is 9.34. The number of alkyl halides is 1. The van der Waals surface area contributed by atoms with E-state index in [1.54, 1.807) is 0 Å². The summed E-state index contributed by atoms with van der Waals surface area (Å²) >= 11 is 15.9. The molecule has 0 nitrogen and oxygen atoms in total. The Hall–Kier alpha value is 0.420. The van der Waals surface area contributed by atoms with E-state index in [0.717, 1.165) is 20.9 Å². The minimum absolute atomic E-state index is 0.0246. The molecule has 0 amide bonds. The molecular weight excluding hydrogens is 490 g/mol. The third-order valence-electron chi connectivity index (χ3n) is 2.60. The molecule has 0 bridgehead atoms. The predicted molar refractivity (Wildman–Crippen MR) is 93.3 cm³/mol. The van der Waals surface area contributed by atoms with Crippen LogP contribution in [0.25, 0.3) is 0 Å². The summed E-state index contributed by atoms with van der Waals surface area (Å²) < 4.78 is 3.36. The first-order chi connectivity index (χ1) is 8.56. The molecule has 2 rings (SSSR count). The van der Waals surface area contributed by atoms with Gasteiger partial charge >= 0.3 is 0 Å². The molecule has 1 atom stereocenters. The van der Waals surface area contributed by atoms with Crippen LogP contribution in [0.4, 0.5) is 0 Å². The third kappa shape index (κ3) is 3.95. The largest absolute Gasteiger partial charge is 0.117 e. The highest BCUT2D eigenvalue weighted by atomic mass is 127. The zero-order valence-corrected chi connectivity index (χ0v) is 15.4. The van der Waals surface area contributed by atoms with Crippen LogP contribution in [0.15, 0.2) is 51.4 Å². The lowest BCUT2D eigenvalue weighted by molar-refractivity contribution is 0.912. The summed E-state index contributed by atoms with van der Waals surface area (Å²) in [7, 11) is 0. The van der Waals surface area contributed by atoms with Gasteiger partial charge in [0.1, 0.15) is 0 Å². The Morgan fingerprint density at radius 2 is 1.89 bits per heavy atom. The molecule has 0 saturated carbocycles. The van der Waals surface area contributed by atoms with Gasteiger partial charge in [-0.1, -0.05) is 44.0 Å². The smallest absolute Gasteiger partial charge is 0.0636 e. The van der Waals surface area contributed by atoms with E-state index in [1.807, 2.05) is 18.2 Å². The normalized spacial score (nSPS) is 12.4. The lowest BCUT2D eigenvalue weighted by atomic mass is 10.0. The highest BCUT2D eigenvalue weighted by Gasteiger charge is 2.13. The minimum atomic E-state index is -0.0246. The maximum absolute atomic E-state index is 6.52. The quantitative estimate of drug-likeness (QED) is 0.341. The monoisotopic (exact) mass is 498 g/mol. The minimum Gasteiger partial charge on any atom is -0.117 e. The van der Waals surface area contributed by atoms with Crippen molar-refractivity contribution in [1.82, 2.24) is 0 Å². The molecule has 0 fully saturated rings. The molecule has 0 aliphatic heterocycles. The van der Waals surface area contributed by atoms with Crippen LogP contribution in [-0.2, 0) is 6.42 Å². The van der Waals surface area contributed by atoms with Crippen molar-refractivity contribution in [1.29, 1.82) is 0 Å². The Kier molecular flexibility index (Phi) is 5.54. The van der Waals surface area contributed by atoms with Gasteiger partial charge in [-0.3, -0.25) is 0 Å². The van der Waals surface area contributed by atoms with Gasteiger partial charge < -0.3 is 0 Å². The Morgan fingerprint density at radius 1 is 1.11 bits per heavy atom. The van der Waals surface area contributed by atoms with Crippen LogP contribution in [0.3, 0.4) is 0 Å². The average molecular weight is 500 g/mol. The van der Waals surface area contributed by atoms with Crippen molar-refractivity contribution in [3.63, 3.8) is 0 Å². The molecule has 1 unspecified atom stereocenters. The second-order valence-corrected chi connectivity index (χ2v) is 7.51. The molecule has 4 heteroatoms. The van der Waals surface area contributed by atoms with E-state index in [-0.39, 0.29) is 5.38 Å². The fourth-order valence-electron chi connectivity index (χ4n) is 1.74. The van der Waals surface area contributed by atoms with Gasteiger partial charge in [0, 0.05) is 12.5 Å². The van der Waals surface area contributed by atoms with Crippen LogP contribution >= 0.6 is 66.1 Å². The van der Waals surface area contributed by atoms with Crippen molar-refractivity contribution < 1.29 is 0 Å². The summed E-state index contributed by atoms with van der Waals surface area (Å²) in [6.45, 7) is 0. The van der Waals surface area contributed by atoms with E-state index >= 15 is 0 Å². The average Bonchev–Trinajstić information content (AvgIpc) is 2.32. The molecule has 0 radical (unpaired) electrons. The second-order valence-electron chi connectivity index (χ2n) is 3.97. The number of halogens is 4. The fourth-order valence-corrected chi connectivity index (χ4v) is 3.71. The van der Waals surface area contributed by atoms with Crippen molar-refractivity contribution >= 4 is 66.1 Å². The van der Waals surface area contributed by atoms with Gasteiger partial charge in [0.15, 0.2) is 0 Å². The fraction of sp³-hybridized carbons (Fsp3) is 0.143. The molecule has 0 aliphatic carbocycles. The summed E-state index contributed by atoms with van der Waals surface area (Å²) in [5, 5.41) is -0.0246. The topological polar surface area (TPSA) is 0 Å². The molecule has 94 valence electrons. The van der Waals surface area contributed by atoms with E-state index in [4.69, 9.17) is 11.6 Å². The lowest BCUT2D eigenvalue weighted by Gasteiger charge is -2.12. The van der Waals surface area contributed by atoms with Crippen LogP contribution < -0.4 is 0 Å². The molecule has 0 saturated heterocycles. The van der Waals surface area contributed by atoms with Crippen molar-refractivity contribution in [3.05, 3.63) is 66.1 Å². The third-order valence-corrected chi connectivity index (χ3v) is 4.88. The molecule has 0 spiro atoms. The van der Waals surface area contributed by atoms with Crippen LogP contribution in [0.5, 0.6) is 0 Å². The first-order valence-corrected chi connectivity index (χ1v) is 8.50. The summed E-state index contributed by atoms with van der Waals surface area (Å²) in [5.74, 6) is 0. The van der Waals surface area contributed by atoms with Crippen LogP contribution in [0, 0.1) is 3.57 Å². The van der Waals surface area contributed by atoms with E-state index in [9.17, 15) is 0 Å². The van der Waals surface area contributed by atoms with Crippen molar-refractivity contribution in [2.75, 3.05) is 0 Å². The predicted octanol–water partition coefficient (Wildman–Crippen LogP) is 6.34. The molecule has 0 aliphatic rings. The van der Waals surface area contributed by atoms with E-state index < -0.39 is 0 Å². The van der Waals surface area contributed by atoms with Crippen LogP contribution in [0.2, 0.25) is 0 Å². The molecule has 2 aromatic rings. The summed E-state index contributed by atoms with van der Waals surface area (Å²) in [6, 6.07) is 14.5. The van der Waals surface area contributed by atoms with Crippen LogP contribution in [-0.4, -0.2) is 0 Å². The van der Waals surface area contributed by atoms with Crippen molar-refractivity contribution in [2.24, 2.45) is 0 Å².